The molecule has 2 aromatic carbocycles. The Morgan fingerprint density at radius 1 is 1.05 bits per heavy atom. The van der Waals surface area contributed by atoms with Crippen LogP contribution in [0.25, 0.3) is 10.9 Å². The number of halogens is 1. The van der Waals surface area contributed by atoms with Crippen LogP contribution in [0.1, 0.15) is 5.56 Å². The van der Waals surface area contributed by atoms with E-state index < -0.39 is 0 Å². The van der Waals surface area contributed by atoms with Gasteiger partial charge in [-0.15, -0.1) is 0 Å². The fourth-order valence-corrected chi connectivity index (χ4v) is 2.00. The van der Waals surface area contributed by atoms with Crippen molar-refractivity contribution in [2.24, 2.45) is 0 Å². The molecule has 0 saturated heterocycles. The Kier molecular flexibility index (Phi) is 3.16. The zero-order chi connectivity index (χ0) is 13.9. The highest BCUT2D eigenvalue weighted by atomic mass is 19.1. The number of nitrogen functional groups attached to an aromatic ring is 1. The third-order valence-corrected chi connectivity index (χ3v) is 3.03. The van der Waals surface area contributed by atoms with E-state index in [1.54, 1.807) is 18.2 Å². The Hall–Kier alpha value is -2.69. The minimum absolute atomic E-state index is 0.242. The Balaban J connectivity index is 1.87. The summed E-state index contributed by atoms with van der Waals surface area (Å²) in [5.41, 5.74) is 8.26. The molecule has 1 aromatic heterocycles. The molecule has 0 bridgehead atoms. The van der Waals surface area contributed by atoms with E-state index in [1.807, 2.05) is 12.1 Å². The molecule has 0 aliphatic carbocycles. The van der Waals surface area contributed by atoms with Gasteiger partial charge >= 0.3 is 0 Å². The highest BCUT2D eigenvalue weighted by Crippen LogP contribution is 2.22. The standard InChI is InChI=1S/C15H13FN4/c16-11-3-1-10(2-4-11)8-18-15-13-7-12(17)5-6-14(13)19-9-20-15/h1-7,9H,8,17H2,(H,18,19,20). The molecular formula is C15H13FN4. The molecule has 0 aliphatic heterocycles. The molecule has 0 saturated carbocycles. The number of hydrogen-bond donors (Lipinski definition) is 2. The molecule has 0 fully saturated rings. The van der Waals surface area contributed by atoms with E-state index in [1.165, 1.54) is 18.5 Å². The van der Waals surface area contributed by atoms with Crippen LogP contribution in [0, 0.1) is 5.82 Å². The van der Waals surface area contributed by atoms with Crippen molar-refractivity contribution in [3.8, 4) is 0 Å². The fraction of sp³-hybridized carbons (Fsp3) is 0.0667. The van der Waals surface area contributed by atoms with Gasteiger partial charge in [0.2, 0.25) is 0 Å². The zero-order valence-corrected chi connectivity index (χ0v) is 10.7. The molecule has 4 nitrogen and oxygen atoms in total. The van der Waals surface area contributed by atoms with Crippen LogP contribution >= 0.6 is 0 Å². The lowest BCUT2D eigenvalue weighted by Gasteiger charge is -2.08. The predicted octanol–water partition coefficient (Wildman–Crippen LogP) is 2.96. The van der Waals surface area contributed by atoms with Gasteiger partial charge in [-0.1, -0.05) is 12.1 Å². The SMILES string of the molecule is Nc1ccc2ncnc(NCc3ccc(F)cc3)c2c1. The lowest BCUT2D eigenvalue weighted by molar-refractivity contribution is 0.627. The minimum atomic E-state index is -0.242. The average Bonchev–Trinajstić information content (AvgIpc) is 2.47. The van der Waals surface area contributed by atoms with E-state index >= 15 is 0 Å². The van der Waals surface area contributed by atoms with E-state index in [9.17, 15) is 4.39 Å². The first-order chi connectivity index (χ1) is 9.72. The molecule has 3 aromatic rings. The maximum absolute atomic E-state index is 12.8. The van der Waals surface area contributed by atoms with Crippen molar-refractivity contribution >= 4 is 22.4 Å². The predicted molar refractivity (Wildman–Crippen MR) is 77.7 cm³/mol. The molecule has 0 amide bonds. The number of hydrogen-bond acceptors (Lipinski definition) is 4. The van der Waals surface area contributed by atoms with Crippen LogP contribution in [0.3, 0.4) is 0 Å². The van der Waals surface area contributed by atoms with E-state index in [2.05, 4.69) is 15.3 Å². The van der Waals surface area contributed by atoms with Crippen molar-refractivity contribution in [3.63, 3.8) is 0 Å². The first-order valence-corrected chi connectivity index (χ1v) is 6.21. The molecule has 0 spiro atoms. The van der Waals surface area contributed by atoms with Gasteiger partial charge in [-0.2, -0.15) is 0 Å². The summed E-state index contributed by atoms with van der Waals surface area (Å²) in [7, 11) is 0. The Morgan fingerprint density at radius 2 is 1.85 bits per heavy atom. The van der Waals surface area contributed by atoms with Crippen molar-refractivity contribution in [3.05, 3.63) is 60.2 Å². The quantitative estimate of drug-likeness (QED) is 0.717. The third-order valence-electron chi connectivity index (χ3n) is 3.03. The van der Waals surface area contributed by atoms with Crippen LogP contribution in [0.15, 0.2) is 48.8 Å². The van der Waals surface area contributed by atoms with Crippen LogP contribution in [0.4, 0.5) is 15.9 Å². The number of aromatic nitrogens is 2. The van der Waals surface area contributed by atoms with Crippen molar-refractivity contribution < 1.29 is 4.39 Å². The Bertz CT molecular complexity index is 740. The summed E-state index contributed by atoms with van der Waals surface area (Å²) in [4.78, 5) is 8.42. The molecule has 0 atom stereocenters. The lowest BCUT2D eigenvalue weighted by Crippen LogP contribution is -2.03. The first kappa shape index (κ1) is 12.3. The highest BCUT2D eigenvalue weighted by molar-refractivity contribution is 5.91. The van der Waals surface area contributed by atoms with Gasteiger partial charge in [0.15, 0.2) is 0 Å². The van der Waals surface area contributed by atoms with E-state index in [0.29, 0.717) is 18.1 Å². The molecule has 3 N–H and O–H groups in total. The van der Waals surface area contributed by atoms with Crippen LogP contribution in [0.5, 0.6) is 0 Å². The number of rotatable bonds is 3. The zero-order valence-electron chi connectivity index (χ0n) is 10.7. The third kappa shape index (κ3) is 2.51. The van der Waals surface area contributed by atoms with Gasteiger partial charge in [0, 0.05) is 17.6 Å². The van der Waals surface area contributed by atoms with Gasteiger partial charge in [0.25, 0.3) is 0 Å². The molecule has 0 radical (unpaired) electrons. The molecular weight excluding hydrogens is 255 g/mol. The number of nitrogens with two attached hydrogens (primary N) is 1. The van der Waals surface area contributed by atoms with E-state index in [4.69, 9.17) is 5.73 Å². The molecule has 1 heterocycles. The van der Waals surface area contributed by atoms with E-state index in [-0.39, 0.29) is 5.82 Å². The number of nitrogens with zero attached hydrogens (tertiary/aromatic N) is 2. The van der Waals surface area contributed by atoms with Gasteiger partial charge in [0.05, 0.1) is 5.52 Å². The van der Waals surface area contributed by atoms with Crippen LogP contribution in [-0.4, -0.2) is 9.97 Å². The van der Waals surface area contributed by atoms with Crippen molar-refractivity contribution in [1.82, 2.24) is 9.97 Å². The number of benzene rings is 2. The second kappa shape index (κ2) is 5.13. The number of nitrogens with one attached hydrogen (secondary N) is 1. The molecule has 20 heavy (non-hydrogen) atoms. The summed E-state index contributed by atoms with van der Waals surface area (Å²) in [5, 5.41) is 4.09. The smallest absolute Gasteiger partial charge is 0.137 e. The normalized spacial score (nSPS) is 10.7. The topological polar surface area (TPSA) is 63.8 Å². The lowest BCUT2D eigenvalue weighted by atomic mass is 10.2. The van der Waals surface area contributed by atoms with Crippen molar-refractivity contribution in [2.75, 3.05) is 11.1 Å². The van der Waals surface area contributed by atoms with Gasteiger partial charge < -0.3 is 11.1 Å². The monoisotopic (exact) mass is 268 g/mol. The second-order valence-electron chi connectivity index (χ2n) is 4.48. The van der Waals surface area contributed by atoms with Crippen molar-refractivity contribution in [1.29, 1.82) is 0 Å². The molecule has 3 rings (SSSR count). The van der Waals surface area contributed by atoms with Gasteiger partial charge in [-0.3, -0.25) is 0 Å². The summed E-state index contributed by atoms with van der Waals surface area (Å²) in [5.74, 6) is 0.473. The van der Waals surface area contributed by atoms with E-state index in [0.717, 1.165) is 16.5 Å². The molecule has 100 valence electrons. The van der Waals surface area contributed by atoms with Gasteiger partial charge in [-0.05, 0) is 35.9 Å². The summed E-state index contributed by atoms with van der Waals surface area (Å²) >= 11 is 0. The van der Waals surface area contributed by atoms with Crippen LogP contribution < -0.4 is 11.1 Å². The minimum Gasteiger partial charge on any atom is -0.399 e. The molecule has 0 unspecified atom stereocenters. The second-order valence-corrected chi connectivity index (χ2v) is 4.48. The highest BCUT2D eigenvalue weighted by Gasteiger charge is 2.04. The summed E-state index contributed by atoms with van der Waals surface area (Å²) in [6.45, 7) is 0.557. The van der Waals surface area contributed by atoms with Crippen molar-refractivity contribution in [2.45, 2.75) is 6.54 Å². The van der Waals surface area contributed by atoms with Gasteiger partial charge in [-0.25, -0.2) is 14.4 Å². The summed E-state index contributed by atoms with van der Waals surface area (Å²) in [6, 6.07) is 11.8. The summed E-state index contributed by atoms with van der Waals surface area (Å²) in [6.07, 6.45) is 1.51. The van der Waals surface area contributed by atoms with Crippen LogP contribution in [0.2, 0.25) is 0 Å². The molecule has 5 heteroatoms. The Morgan fingerprint density at radius 3 is 2.65 bits per heavy atom. The first-order valence-electron chi connectivity index (χ1n) is 6.21. The molecule has 0 aliphatic rings. The number of anilines is 2. The Labute approximate surface area is 115 Å². The average molecular weight is 268 g/mol. The summed E-state index contributed by atoms with van der Waals surface area (Å²) < 4.78 is 12.8. The maximum atomic E-state index is 12.8. The largest absolute Gasteiger partial charge is 0.399 e. The number of fused-ring (bicyclic) bond motifs is 1. The van der Waals surface area contributed by atoms with Gasteiger partial charge in [0.1, 0.15) is 18.0 Å². The van der Waals surface area contributed by atoms with Crippen LogP contribution in [-0.2, 0) is 6.54 Å². The fourth-order valence-electron chi connectivity index (χ4n) is 2.00. The maximum Gasteiger partial charge on any atom is 0.137 e.